The Morgan fingerprint density at radius 2 is 1.40 bits per heavy atom. The topological polar surface area (TPSA) is 72.4 Å². The minimum Gasteiger partial charge on any atom is -0.494 e. The molecule has 0 aliphatic carbocycles. The fraction of sp³-hybridized carbons (Fsp3) is 0.676. The van der Waals surface area contributed by atoms with Crippen LogP contribution in [0.25, 0.3) is 0 Å². The lowest BCUT2D eigenvalue weighted by Crippen LogP contribution is -2.37. The summed E-state index contributed by atoms with van der Waals surface area (Å²) >= 11 is 0. The maximum atomic E-state index is 11.1. The van der Waals surface area contributed by atoms with Gasteiger partial charge in [0.2, 0.25) is 0 Å². The minimum absolute atomic E-state index is 0.181. The Bertz CT molecular complexity index is 923. The molecule has 0 bridgehead atoms. The summed E-state index contributed by atoms with van der Waals surface area (Å²) in [4.78, 5) is 21.8. The van der Waals surface area contributed by atoms with Gasteiger partial charge in [-0.3, -0.25) is 9.59 Å². The van der Waals surface area contributed by atoms with E-state index in [9.17, 15) is 9.59 Å². The zero-order valence-electron chi connectivity index (χ0n) is 25.2. The van der Waals surface area contributed by atoms with Gasteiger partial charge in [0.1, 0.15) is 31.0 Å². The van der Waals surface area contributed by atoms with Gasteiger partial charge in [-0.25, -0.2) is 9.13 Å². The van der Waals surface area contributed by atoms with Gasteiger partial charge in [0.25, 0.3) is 5.82 Å². The molecule has 1 aromatic heterocycles. The summed E-state index contributed by atoms with van der Waals surface area (Å²) in [7, 11) is 0. The molecule has 0 saturated carbocycles. The highest BCUT2D eigenvalue weighted by Gasteiger charge is 2.17. The van der Waals surface area contributed by atoms with Crippen molar-refractivity contribution in [1.29, 1.82) is 0 Å². The van der Waals surface area contributed by atoms with Gasteiger partial charge in [-0.15, -0.1) is 0 Å². The molecule has 6 nitrogen and oxygen atoms in total. The first-order valence-electron chi connectivity index (χ1n) is 16.1. The van der Waals surface area contributed by atoms with Gasteiger partial charge in [0.05, 0.1) is 19.6 Å². The zero-order chi connectivity index (χ0) is 28.7. The molecule has 0 fully saturated rings. The van der Waals surface area contributed by atoms with Gasteiger partial charge in [0.15, 0.2) is 0 Å². The van der Waals surface area contributed by atoms with Crippen LogP contribution < -0.4 is 9.30 Å². The van der Waals surface area contributed by atoms with Gasteiger partial charge in [-0.05, 0) is 49.9 Å². The first-order valence-corrected chi connectivity index (χ1v) is 16.1. The normalized spacial score (nSPS) is 11.1. The van der Waals surface area contributed by atoms with Gasteiger partial charge in [-0.2, -0.15) is 0 Å². The fourth-order valence-corrected chi connectivity index (χ4v) is 5.28. The predicted octanol–water partition coefficient (Wildman–Crippen LogP) is 8.34. The van der Waals surface area contributed by atoms with Crippen LogP contribution in [-0.2, 0) is 24.3 Å². The third-order valence-electron chi connectivity index (χ3n) is 7.74. The average Bonchev–Trinajstić information content (AvgIpc) is 3.35. The number of aromatic nitrogens is 2. The Hall–Kier alpha value is -2.63. The SMILES string of the molecule is CCCCCCCCCCCc1n(CCC(=O)O)cc[n+]1CCCCCCCCCCOc1ccc(C=O)cc1. The molecule has 1 heterocycles. The molecule has 1 aromatic carbocycles. The number of benzene rings is 1. The molecule has 0 unspecified atom stereocenters. The number of imidazole rings is 1. The maximum Gasteiger partial charge on any atom is 0.307 e. The smallest absolute Gasteiger partial charge is 0.307 e. The van der Waals surface area contributed by atoms with Crippen LogP contribution in [0.4, 0.5) is 0 Å². The highest BCUT2D eigenvalue weighted by molar-refractivity contribution is 5.74. The summed E-state index contributed by atoms with van der Waals surface area (Å²) in [6, 6.07) is 7.28. The molecule has 40 heavy (non-hydrogen) atoms. The molecule has 0 saturated heterocycles. The van der Waals surface area contributed by atoms with E-state index in [1.54, 1.807) is 12.1 Å². The van der Waals surface area contributed by atoms with Crippen molar-refractivity contribution in [2.24, 2.45) is 0 Å². The number of hydrogen-bond acceptors (Lipinski definition) is 3. The minimum atomic E-state index is -0.729. The second-order valence-corrected chi connectivity index (χ2v) is 11.2. The van der Waals surface area contributed by atoms with Crippen LogP contribution >= 0.6 is 0 Å². The van der Waals surface area contributed by atoms with Crippen LogP contribution in [0, 0.1) is 0 Å². The van der Waals surface area contributed by atoms with Gasteiger partial charge < -0.3 is 9.84 Å². The largest absolute Gasteiger partial charge is 0.494 e. The third-order valence-corrected chi connectivity index (χ3v) is 7.74. The van der Waals surface area contributed by atoms with Crippen molar-refractivity contribution in [3.63, 3.8) is 0 Å². The molecule has 0 amide bonds. The second-order valence-electron chi connectivity index (χ2n) is 11.2. The molecule has 1 N–H and O–H groups in total. The van der Waals surface area contributed by atoms with E-state index >= 15 is 0 Å². The number of carbonyl (C=O) groups excluding carboxylic acids is 1. The van der Waals surface area contributed by atoms with Gasteiger partial charge in [-0.1, -0.05) is 90.4 Å². The molecule has 0 aliphatic heterocycles. The first-order chi connectivity index (χ1) is 19.6. The van der Waals surface area contributed by atoms with Crippen LogP contribution in [0.15, 0.2) is 36.7 Å². The molecule has 0 atom stereocenters. The molecular formula is C34H55N2O4+. The number of aliphatic carboxylic acids is 1. The standard InChI is InChI=1S/C34H54N2O4/c1-2-3-4-5-6-7-10-13-16-19-33-35(27-28-36(33)26-24-34(38)39)25-17-14-11-8-9-12-15-18-29-40-32-22-20-31(30-37)21-23-32/h20-23,27-28,30H,2-19,24-26,29H2,1H3/p+1. The average molecular weight is 556 g/mol. The summed E-state index contributed by atoms with van der Waals surface area (Å²) in [6.07, 6.45) is 27.9. The fourth-order valence-electron chi connectivity index (χ4n) is 5.28. The Morgan fingerprint density at radius 3 is 2.00 bits per heavy atom. The van der Waals surface area contributed by atoms with E-state index in [-0.39, 0.29) is 6.42 Å². The summed E-state index contributed by atoms with van der Waals surface area (Å²) in [5, 5.41) is 9.16. The highest BCUT2D eigenvalue weighted by atomic mass is 16.5. The summed E-state index contributed by atoms with van der Waals surface area (Å²) in [5.74, 6) is 1.40. The summed E-state index contributed by atoms with van der Waals surface area (Å²) in [6.45, 7) is 4.58. The van der Waals surface area contributed by atoms with Crippen LogP contribution in [-0.4, -0.2) is 28.5 Å². The van der Waals surface area contributed by atoms with E-state index in [2.05, 4.69) is 28.5 Å². The monoisotopic (exact) mass is 555 g/mol. The number of aryl methyl sites for hydroxylation is 2. The molecule has 224 valence electrons. The molecule has 0 aliphatic rings. The Labute approximate surface area is 243 Å². The number of aldehydes is 1. The van der Waals surface area contributed by atoms with Crippen LogP contribution in [0.3, 0.4) is 0 Å². The molecule has 2 rings (SSSR count). The lowest BCUT2D eigenvalue weighted by atomic mass is 10.1. The van der Waals surface area contributed by atoms with Crippen molar-refractivity contribution < 1.29 is 24.0 Å². The third kappa shape index (κ3) is 15.2. The van der Waals surface area contributed by atoms with Crippen molar-refractivity contribution >= 4 is 12.3 Å². The molecule has 2 aromatic rings. The highest BCUT2D eigenvalue weighted by Crippen LogP contribution is 2.14. The van der Waals surface area contributed by atoms with Crippen LogP contribution in [0.2, 0.25) is 0 Å². The van der Waals surface area contributed by atoms with E-state index in [0.29, 0.717) is 12.1 Å². The number of carboxylic acids is 1. The van der Waals surface area contributed by atoms with Gasteiger partial charge >= 0.3 is 5.97 Å². The lowest BCUT2D eigenvalue weighted by Gasteiger charge is -2.07. The first kappa shape index (κ1) is 33.6. The number of hydrogen-bond donors (Lipinski definition) is 1. The molecule has 0 spiro atoms. The predicted molar refractivity (Wildman–Crippen MR) is 162 cm³/mol. The van der Waals surface area contributed by atoms with Crippen LogP contribution in [0.1, 0.15) is 139 Å². The molecule has 0 radical (unpaired) electrons. The van der Waals surface area contributed by atoms with Gasteiger partial charge in [0, 0.05) is 12.0 Å². The van der Waals surface area contributed by atoms with Crippen LogP contribution in [0.5, 0.6) is 5.75 Å². The maximum absolute atomic E-state index is 11.1. The van der Waals surface area contributed by atoms with E-state index in [4.69, 9.17) is 9.84 Å². The van der Waals surface area contributed by atoms with E-state index in [1.165, 1.54) is 109 Å². The Morgan fingerprint density at radius 1 is 0.825 bits per heavy atom. The number of ether oxygens (including phenoxy) is 1. The molecular weight excluding hydrogens is 500 g/mol. The Balaban J connectivity index is 1.56. The van der Waals surface area contributed by atoms with Crippen molar-refractivity contribution in [3.05, 3.63) is 48.0 Å². The number of carbonyl (C=O) groups is 2. The number of unbranched alkanes of at least 4 members (excludes halogenated alkanes) is 15. The van der Waals surface area contributed by atoms with E-state index in [0.717, 1.165) is 38.0 Å². The summed E-state index contributed by atoms with van der Waals surface area (Å²) < 4.78 is 10.3. The lowest BCUT2D eigenvalue weighted by molar-refractivity contribution is -0.704. The molecule has 6 heteroatoms. The second kappa shape index (κ2) is 22.1. The summed E-state index contributed by atoms with van der Waals surface area (Å²) in [5.41, 5.74) is 0.676. The van der Waals surface area contributed by atoms with E-state index in [1.807, 2.05) is 12.1 Å². The number of nitrogens with zero attached hydrogens (tertiary/aromatic N) is 2. The number of carboxylic acid groups (broad SMARTS) is 1. The van der Waals surface area contributed by atoms with Crippen molar-refractivity contribution in [3.8, 4) is 5.75 Å². The quantitative estimate of drug-likeness (QED) is 0.0719. The van der Waals surface area contributed by atoms with Crippen molar-refractivity contribution in [2.75, 3.05) is 6.61 Å². The number of rotatable bonds is 26. The van der Waals surface area contributed by atoms with Crippen molar-refractivity contribution in [2.45, 2.75) is 142 Å². The van der Waals surface area contributed by atoms with Crippen molar-refractivity contribution in [1.82, 2.24) is 4.57 Å². The zero-order valence-corrected chi connectivity index (χ0v) is 25.2. The Kier molecular flexibility index (Phi) is 18.6. The van der Waals surface area contributed by atoms with E-state index < -0.39 is 5.97 Å².